The Bertz CT molecular complexity index is 913. The van der Waals surface area contributed by atoms with Crippen molar-refractivity contribution in [2.45, 2.75) is 72.4 Å². The Morgan fingerprint density at radius 1 is 1.03 bits per heavy atom. The van der Waals surface area contributed by atoms with E-state index in [0.29, 0.717) is 25.9 Å². The molecule has 0 radical (unpaired) electrons. The quantitative estimate of drug-likeness (QED) is 0.322. The van der Waals surface area contributed by atoms with E-state index in [2.05, 4.69) is 27.5 Å². The zero-order chi connectivity index (χ0) is 25.1. The van der Waals surface area contributed by atoms with Crippen molar-refractivity contribution in [3.8, 4) is 0 Å². The van der Waals surface area contributed by atoms with Crippen LogP contribution in [0.5, 0.6) is 0 Å². The van der Waals surface area contributed by atoms with Gasteiger partial charge in [-0.3, -0.25) is 4.79 Å². The number of carbonyl (C=O) groups is 1. The van der Waals surface area contributed by atoms with Crippen LogP contribution >= 0.6 is 0 Å². The van der Waals surface area contributed by atoms with E-state index < -0.39 is 11.7 Å². The van der Waals surface area contributed by atoms with Crippen LogP contribution in [0.15, 0.2) is 24.4 Å². The van der Waals surface area contributed by atoms with Gasteiger partial charge in [0.1, 0.15) is 11.4 Å². The van der Waals surface area contributed by atoms with E-state index in [1.165, 1.54) is 0 Å². The van der Waals surface area contributed by atoms with Crippen LogP contribution in [0.4, 0.5) is 30.6 Å². The van der Waals surface area contributed by atoms with E-state index in [9.17, 15) is 18.0 Å². The molecule has 0 unspecified atom stereocenters. The molecular weight excluding hydrogens is 443 g/mol. The lowest BCUT2D eigenvalue weighted by Gasteiger charge is -2.22. The molecule has 2 aromatic rings. The number of hydrogen-bond acceptors (Lipinski definition) is 5. The third-order valence-electron chi connectivity index (χ3n) is 5.55. The second kappa shape index (κ2) is 13.2. The van der Waals surface area contributed by atoms with E-state index in [-0.39, 0.29) is 24.2 Å². The van der Waals surface area contributed by atoms with Gasteiger partial charge in [0.15, 0.2) is 0 Å². The molecule has 0 aliphatic rings. The summed E-state index contributed by atoms with van der Waals surface area (Å²) in [6, 6.07) is 5.72. The minimum Gasteiger partial charge on any atom is -0.369 e. The number of aryl methyl sites for hydroxylation is 2. The molecule has 0 atom stereocenters. The van der Waals surface area contributed by atoms with Crippen LogP contribution in [-0.4, -0.2) is 40.4 Å². The van der Waals surface area contributed by atoms with Crippen LogP contribution in [0.1, 0.15) is 69.1 Å². The molecule has 1 aromatic heterocycles. The maximum Gasteiger partial charge on any atom is 0.421 e. The highest BCUT2D eigenvalue weighted by molar-refractivity contribution is 5.76. The number of nitrogens with zero attached hydrogens (tertiary/aromatic N) is 3. The summed E-state index contributed by atoms with van der Waals surface area (Å²) in [5.41, 5.74) is 1.74. The van der Waals surface area contributed by atoms with Crippen LogP contribution in [0.3, 0.4) is 0 Å². The van der Waals surface area contributed by atoms with Crippen molar-refractivity contribution in [3.63, 3.8) is 0 Å². The van der Waals surface area contributed by atoms with Gasteiger partial charge in [0, 0.05) is 37.9 Å². The Hall–Kier alpha value is -2.84. The molecule has 0 bridgehead atoms. The topological polar surface area (TPSA) is 70.2 Å². The van der Waals surface area contributed by atoms with Crippen molar-refractivity contribution < 1.29 is 18.0 Å². The lowest BCUT2D eigenvalue weighted by molar-refractivity contribution is -0.137. The SMILES string of the molecule is CCCCCC(=O)N(CCC)CCCNc1nc(Nc2c(C)cccc2C)ncc1C(F)(F)F. The zero-order valence-corrected chi connectivity index (χ0v) is 20.6. The lowest BCUT2D eigenvalue weighted by atomic mass is 10.1. The summed E-state index contributed by atoms with van der Waals surface area (Å²) in [6.45, 7) is 9.30. The number of nitrogens with one attached hydrogen (secondary N) is 2. The molecule has 0 fully saturated rings. The second-order valence-corrected chi connectivity index (χ2v) is 8.46. The van der Waals surface area contributed by atoms with Crippen molar-refractivity contribution in [3.05, 3.63) is 41.1 Å². The number of unbranched alkanes of at least 4 members (excludes halogenated alkanes) is 2. The average Bonchev–Trinajstić information content (AvgIpc) is 2.78. The maximum absolute atomic E-state index is 13.5. The van der Waals surface area contributed by atoms with Gasteiger partial charge < -0.3 is 15.5 Å². The number of carbonyl (C=O) groups excluding carboxylic acids is 1. The normalized spacial score (nSPS) is 11.4. The molecule has 9 heteroatoms. The largest absolute Gasteiger partial charge is 0.421 e. The summed E-state index contributed by atoms with van der Waals surface area (Å²) in [7, 11) is 0. The minimum atomic E-state index is -4.58. The van der Waals surface area contributed by atoms with Gasteiger partial charge in [0.25, 0.3) is 0 Å². The van der Waals surface area contributed by atoms with Crippen molar-refractivity contribution in [1.82, 2.24) is 14.9 Å². The van der Waals surface area contributed by atoms with Gasteiger partial charge in [0.05, 0.1) is 0 Å². The summed E-state index contributed by atoms with van der Waals surface area (Å²) in [5.74, 6) is -0.0763. The first-order valence-corrected chi connectivity index (χ1v) is 12.0. The number of halogens is 3. The van der Waals surface area contributed by atoms with Crippen LogP contribution in [0.2, 0.25) is 0 Å². The van der Waals surface area contributed by atoms with Gasteiger partial charge in [0.2, 0.25) is 11.9 Å². The van der Waals surface area contributed by atoms with E-state index in [4.69, 9.17) is 0 Å². The fourth-order valence-electron chi connectivity index (χ4n) is 3.70. The summed E-state index contributed by atoms with van der Waals surface area (Å²) >= 11 is 0. The number of amides is 1. The minimum absolute atomic E-state index is 0.0895. The van der Waals surface area contributed by atoms with Gasteiger partial charge >= 0.3 is 6.18 Å². The van der Waals surface area contributed by atoms with Crippen molar-refractivity contribution >= 4 is 23.4 Å². The third-order valence-corrected chi connectivity index (χ3v) is 5.55. The number of aromatic nitrogens is 2. The highest BCUT2D eigenvalue weighted by Crippen LogP contribution is 2.34. The van der Waals surface area contributed by atoms with Crippen LogP contribution in [-0.2, 0) is 11.0 Å². The number of benzene rings is 1. The molecule has 2 rings (SSSR count). The number of alkyl halides is 3. The Morgan fingerprint density at radius 3 is 2.35 bits per heavy atom. The molecule has 0 spiro atoms. The molecule has 0 aliphatic heterocycles. The predicted octanol–water partition coefficient (Wildman–Crippen LogP) is 6.48. The highest BCUT2D eigenvalue weighted by atomic mass is 19.4. The summed E-state index contributed by atoms with van der Waals surface area (Å²) in [5, 5.41) is 5.86. The molecule has 0 saturated heterocycles. The molecule has 188 valence electrons. The fraction of sp³-hybridized carbons (Fsp3) is 0.560. The van der Waals surface area contributed by atoms with Crippen molar-refractivity contribution in [2.24, 2.45) is 0 Å². The molecule has 34 heavy (non-hydrogen) atoms. The molecule has 0 aliphatic carbocycles. The van der Waals surface area contributed by atoms with Crippen LogP contribution in [0.25, 0.3) is 0 Å². The van der Waals surface area contributed by atoms with E-state index in [1.807, 2.05) is 39.0 Å². The molecule has 0 saturated carbocycles. The Kier molecular flexibility index (Phi) is 10.6. The molecule has 1 amide bonds. The van der Waals surface area contributed by atoms with E-state index in [0.717, 1.165) is 48.7 Å². The Balaban J connectivity index is 2.07. The summed E-state index contributed by atoms with van der Waals surface area (Å²) in [4.78, 5) is 22.3. The standard InChI is InChI=1S/C25H36F3N5O/c1-5-7-8-13-21(34)33(15-6-2)16-10-14-29-23-20(25(26,27)28)17-30-24(32-23)31-22-18(3)11-9-12-19(22)4/h9,11-12,17H,5-8,10,13-16H2,1-4H3,(H2,29,30,31,32). The smallest absolute Gasteiger partial charge is 0.369 e. The van der Waals surface area contributed by atoms with Gasteiger partial charge in [-0.15, -0.1) is 0 Å². The Labute approximate surface area is 200 Å². The number of para-hydroxylation sites is 1. The van der Waals surface area contributed by atoms with E-state index in [1.54, 1.807) is 4.90 Å². The average molecular weight is 480 g/mol. The van der Waals surface area contributed by atoms with Gasteiger partial charge in [-0.2, -0.15) is 18.2 Å². The van der Waals surface area contributed by atoms with Gasteiger partial charge in [-0.25, -0.2) is 4.98 Å². The van der Waals surface area contributed by atoms with Gasteiger partial charge in [-0.1, -0.05) is 44.9 Å². The number of rotatable bonds is 13. The molecule has 6 nitrogen and oxygen atoms in total. The summed E-state index contributed by atoms with van der Waals surface area (Å²) < 4.78 is 40.6. The molecule has 1 heterocycles. The first-order valence-electron chi connectivity index (χ1n) is 12.0. The molecular formula is C25H36F3N5O. The zero-order valence-electron chi connectivity index (χ0n) is 20.6. The first-order chi connectivity index (χ1) is 16.2. The Morgan fingerprint density at radius 2 is 1.74 bits per heavy atom. The van der Waals surface area contributed by atoms with E-state index >= 15 is 0 Å². The maximum atomic E-state index is 13.5. The molecule has 2 N–H and O–H groups in total. The third kappa shape index (κ3) is 8.18. The highest BCUT2D eigenvalue weighted by Gasteiger charge is 2.35. The van der Waals surface area contributed by atoms with Gasteiger partial charge in [-0.05, 0) is 44.2 Å². The van der Waals surface area contributed by atoms with Crippen LogP contribution in [0, 0.1) is 13.8 Å². The van der Waals surface area contributed by atoms with Crippen molar-refractivity contribution in [1.29, 1.82) is 0 Å². The van der Waals surface area contributed by atoms with Crippen molar-refractivity contribution in [2.75, 3.05) is 30.3 Å². The number of anilines is 3. The molecule has 1 aromatic carbocycles. The predicted molar refractivity (Wildman–Crippen MR) is 130 cm³/mol. The monoisotopic (exact) mass is 479 g/mol. The van der Waals surface area contributed by atoms with Crippen LogP contribution < -0.4 is 10.6 Å². The fourth-order valence-corrected chi connectivity index (χ4v) is 3.70. The lowest BCUT2D eigenvalue weighted by Crippen LogP contribution is -2.33. The first kappa shape index (κ1) is 27.4. The summed E-state index contributed by atoms with van der Waals surface area (Å²) in [6.07, 6.45) is 1.00. The second-order valence-electron chi connectivity index (χ2n) is 8.46. The number of hydrogen-bond donors (Lipinski definition) is 2.